The number of methoxy groups -OCH3 is 1. The Morgan fingerprint density at radius 3 is 1.93 bits per heavy atom. The highest BCUT2D eigenvalue weighted by atomic mass is 16.5. The van der Waals surface area contributed by atoms with Gasteiger partial charge < -0.3 is 14.8 Å². The van der Waals surface area contributed by atoms with Crippen molar-refractivity contribution in [3.05, 3.63) is 54.1 Å². The normalized spacial score (nSPS) is 12.0. The first-order chi connectivity index (χ1) is 12.7. The predicted octanol–water partition coefficient (Wildman–Crippen LogP) is 4.57. The van der Waals surface area contributed by atoms with E-state index < -0.39 is 12.2 Å². The Bertz CT molecular complexity index is 777. The predicted molar refractivity (Wildman–Crippen MR) is 106 cm³/mol. The van der Waals surface area contributed by atoms with Crippen LogP contribution in [0.3, 0.4) is 0 Å². The second-order valence-corrected chi connectivity index (χ2v) is 7.22. The van der Waals surface area contributed by atoms with E-state index in [1.807, 2.05) is 24.3 Å². The molecule has 144 valence electrons. The largest absolute Gasteiger partial charge is 0.481 e. The molecule has 6 nitrogen and oxygen atoms in total. The molecule has 2 aromatic carbocycles. The van der Waals surface area contributed by atoms with Crippen LogP contribution in [0.15, 0.2) is 48.5 Å². The molecular weight excluding hydrogens is 344 g/mol. The number of hydrogen-bond donors (Lipinski definition) is 2. The van der Waals surface area contributed by atoms with Crippen molar-refractivity contribution in [2.75, 3.05) is 17.7 Å². The van der Waals surface area contributed by atoms with E-state index >= 15 is 0 Å². The maximum atomic E-state index is 12.3. The number of anilines is 2. The van der Waals surface area contributed by atoms with E-state index in [0.717, 1.165) is 5.69 Å². The highest BCUT2D eigenvalue weighted by Gasteiger charge is 2.16. The van der Waals surface area contributed by atoms with E-state index in [2.05, 4.69) is 36.1 Å². The lowest BCUT2D eigenvalue weighted by molar-refractivity contribution is -0.122. The lowest BCUT2D eigenvalue weighted by Crippen LogP contribution is -2.30. The van der Waals surface area contributed by atoms with Crippen molar-refractivity contribution in [1.82, 2.24) is 0 Å². The molecule has 0 aliphatic heterocycles. The summed E-state index contributed by atoms with van der Waals surface area (Å²) in [5, 5.41) is 5.39. The zero-order chi connectivity index (χ0) is 20.0. The number of carbonyl (C=O) groups excluding carboxylic acids is 2. The van der Waals surface area contributed by atoms with Gasteiger partial charge in [0.25, 0.3) is 5.91 Å². The number of carbonyl (C=O) groups is 2. The van der Waals surface area contributed by atoms with Gasteiger partial charge in [-0.25, -0.2) is 4.79 Å². The number of ether oxygens (including phenoxy) is 2. The van der Waals surface area contributed by atoms with Crippen LogP contribution >= 0.6 is 0 Å². The minimum atomic E-state index is -0.674. The van der Waals surface area contributed by atoms with Gasteiger partial charge >= 0.3 is 6.09 Å². The zero-order valence-corrected chi connectivity index (χ0v) is 16.3. The van der Waals surface area contributed by atoms with Crippen molar-refractivity contribution in [2.45, 2.75) is 39.2 Å². The zero-order valence-electron chi connectivity index (χ0n) is 16.3. The summed E-state index contributed by atoms with van der Waals surface area (Å²) in [4.78, 5) is 23.5. The van der Waals surface area contributed by atoms with E-state index in [0.29, 0.717) is 11.4 Å². The van der Waals surface area contributed by atoms with Crippen molar-refractivity contribution in [2.24, 2.45) is 0 Å². The molecule has 0 aliphatic rings. The molecular formula is C21H26N2O4. The van der Waals surface area contributed by atoms with Crippen LogP contribution < -0.4 is 15.4 Å². The van der Waals surface area contributed by atoms with Crippen molar-refractivity contribution < 1.29 is 19.1 Å². The third-order valence-electron chi connectivity index (χ3n) is 3.99. The Kier molecular flexibility index (Phi) is 6.45. The molecule has 2 aromatic rings. The molecule has 0 fully saturated rings. The molecule has 2 amide bonds. The molecule has 0 aliphatic carbocycles. The lowest BCUT2D eigenvalue weighted by Gasteiger charge is -2.19. The van der Waals surface area contributed by atoms with Gasteiger partial charge in [0.2, 0.25) is 0 Å². The molecule has 6 heteroatoms. The molecule has 2 N–H and O–H groups in total. The molecule has 0 bridgehead atoms. The molecule has 27 heavy (non-hydrogen) atoms. The average Bonchev–Trinajstić information content (AvgIpc) is 2.62. The van der Waals surface area contributed by atoms with Gasteiger partial charge in [-0.1, -0.05) is 32.9 Å². The summed E-state index contributed by atoms with van der Waals surface area (Å²) in [6, 6.07) is 14.5. The summed E-state index contributed by atoms with van der Waals surface area (Å²) in [6.07, 6.45) is -1.22. The minimum absolute atomic E-state index is 0.0633. The molecule has 0 radical (unpaired) electrons. The topological polar surface area (TPSA) is 76.7 Å². The molecule has 2 rings (SSSR count). The fourth-order valence-corrected chi connectivity index (χ4v) is 2.34. The van der Waals surface area contributed by atoms with Crippen molar-refractivity contribution in [3.8, 4) is 5.75 Å². The van der Waals surface area contributed by atoms with Crippen molar-refractivity contribution in [1.29, 1.82) is 0 Å². The van der Waals surface area contributed by atoms with Gasteiger partial charge in [-0.2, -0.15) is 0 Å². The standard InChI is InChI=1S/C21H26N2O4/c1-14(27-18-12-10-17(11-13-18)23-20(25)26-5)19(24)22-16-8-6-15(7-9-16)21(2,3)4/h6-14H,1-5H3,(H,22,24)(H,23,25). The van der Waals surface area contributed by atoms with E-state index in [1.54, 1.807) is 31.2 Å². The highest BCUT2D eigenvalue weighted by molar-refractivity contribution is 5.94. The summed E-state index contributed by atoms with van der Waals surface area (Å²) < 4.78 is 10.2. The Balaban J connectivity index is 1.92. The molecule has 0 heterocycles. The highest BCUT2D eigenvalue weighted by Crippen LogP contribution is 2.23. The van der Waals surface area contributed by atoms with Gasteiger partial charge in [0, 0.05) is 11.4 Å². The van der Waals surface area contributed by atoms with Crippen LogP contribution in [0, 0.1) is 0 Å². The summed E-state index contributed by atoms with van der Waals surface area (Å²) in [5.74, 6) is 0.284. The van der Waals surface area contributed by atoms with E-state index in [9.17, 15) is 9.59 Å². The van der Waals surface area contributed by atoms with E-state index in [4.69, 9.17) is 4.74 Å². The number of benzene rings is 2. The summed E-state index contributed by atoms with van der Waals surface area (Å²) in [7, 11) is 1.30. The van der Waals surface area contributed by atoms with Crippen LogP contribution in [-0.2, 0) is 14.9 Å². The fraction of sp³-hybridized carbons (Fsp3) is 0.333. The van der Waals surface area contributed by atoms with Crippen LogP contribution in [0.4, 0.5) is 16.2 Å². The Morgan fingerprint density at radius 1 is 0.889 bits per heavy atom. The third kappa shape index (κ3) is 6.02. The maximum absolute atomic E-state index is 12.3. The maximum Gasteiger partial charge on any atom is 0.411 e. The smallest absolute Gasteiger partial charge is 0.411 e. The van der Waals surface area contributed by atoms with Crippen LogP contribution in [0.1, 0.15) is 33.3 Å². The molecule has 0 spiro atoms. The minimum Gasteiger partial charge on any atom is -0.481 e. The van der Waals surface area contributed by atoms with E-state index in [-0.39, 0.29) is 11.3 Å². The fourth-order valence-electron chi connectivity index (χ4n) is 2.34. The lowest BCUT2D eigenvalue weighted by atomic mass is 9.87. The third-order valence-corrected chi connectivity index (χ3v) is 3.99. The number of rotatable bonds is 5. The van der Waals surface area contributed by atoms with Crippen molar-refractivity contribution in [3.63, 3.8) is 0 Å². The Labute approximate surface area is 159 Å². The summed E-state index contributed by atoms with van der Waals surface area (Å²) in [5.41, 5.74) is 2.56. The number of amides is 2. The molecule has 1 atom stereocenters. The Morgan fingerprint density at radius 2 is 1.41 bits per heavy atom. The number of nitrogens with one attached hydrogen (secondary N) is 2. The second-order valence-electron chi connectivity index (χ2n) is 7.22. The quantitative estimate of drug-likeness (QED) is 0.808. The molecule has 0 saturated carbocycles. The first-order valence-electron chi connectivity index (χ1n) is 8.72. The summed E-state index contributed by atoms with van der Waals surface area (Å²) >= 11 is 0. The van der Waals surface area contributed by atoms with Gasteiger partial charge in [0.15, 0.2) is 6.10 Å². The second kappa shape index (κ2) is 8.58. The molecule has 1 unspecified atom stereocenters. The van der Waals surface area contributed by atoms with Gasteiger partial charge in [0.1, 0.15) is 5.75 Å². The van der Waals surface area contributed by atoms with Gasteiger partial charge in [0.05, 0.1) is 7.11 Å². The first-order valence-corrected chi connectivity index (χ1v) is 8.72. The Hall–Kier alpha value is -3.02. The number of hydrogen-bond acceptors (Lipinski definition) is 4. The molecule has 0 aromatic heterocycles. The van der Waals surface area contributed by atoms with Gasteiger partial charge in [-0.05, 0) is 54.3 Å². The van der Waals surface area contributed by atoms with E-state index in [1.165, 1.54) is 12.7 Å². The van der Waals surface area contributed by atoms with Crippen molar-refractivity contribution >= 4 is 23.4 Å². The van der Waals surface area contributed by atoms with Crippen LogP contribution in [-0.4, -0.2) is 25.2 Å². The monoisotopic (exact) mass is 370 g/mol. The van der Waals surface area contributed by atoms with Crippen LogP contribution in [0.5, 0.6) is 5.75 Å². The SMILES string of the molecule is COC(=O)Nc1ccc(OC(C)C(=O)Nc2ccc(C(C)(C)C)cc2)cc1. The summed E-state index contributed by atoms with van der Waals surface area (Å²) in [6.45, 7) is 8.10. The van der Waals surface area contributed by atoms with Crippen LogP contribution in [0.25, 0.3) is 0 Å². The molecule has 0 saturated heterocycles. The first kappa shape index (κ1) is 20.3. The van der Waals surface area contributed by atoms with Gasteiger partial charge in [-0.3, -0.25) is 10.1 Å². The van der Waals surface area contributed by atoms with Gasteiger partial charge in [-0.15, -0.1) is 0 Å². The average molecular weight is 370 g/mol. The van der Waals surface area contributed by atoms with Crippen LogP contribution in [0.2, 0.25) is 0 Å².